The Kier molecular flexibility index (Phi) is 3.67. The van der Waals surface area contributed by atoms with Gasteiger partial charge in [-0.2, -0.15) is 0 Å². The zero-order valence-electron chi connectivity index (χ0n) is 10.8. The van der Waals surface area contributed by atoms with Crippen molar-refractivity contribution in [3.05, 3.63) is 52.2 Å². The van der Waals surface area contributed by atoms with Crippen molar-refractivity contribution in [1.29, 1.82) is 0 Å². The van der Waals surface area contributed by atoms with Gasteiger partial charge in [0.15, 0.2) is 0 Å². The molecule has 96 valence electrons. The lowest BCUT2D eigenvalue weighted by atomic mass is 9.97. The Morgan fingerprint density at radius 3 is 2.83 bits per heavy atom. The second-order valence-corrected chi connectivity index (χ2v) is 4.64. The Bertz CT molecular complexity index is 583. The van der Waals surface area contributed by atoms with E-state index in [2.05, 4.69) is 24.0 Å². The first-order chi connectivity index (χ1) is 8.63. The summed E-state index contributed by atoms with van der Waals surface area (Å²) in [4.78, 5) is 14.4. The first-order valence-electron chi connectivity index (χ1n) is 6.21. The Morgan fingerprint density at radius 2 is 2.22 bits per heavy atom. The molecule has 3 N–H and O–H groups in total. The molecule has 0 spiro atoms. The number of hydrogen-bond donors (Lipinski definition) is 2. The van der Waals surface area contributed by atoms with Crippen LogP contribution in [0.5, 0.6) is 0 Å². The van der Waals surface area contributed by atoms with E-state index in [0.29, 0.717) is 12.5 Å². The molecule has 2 aromatic rings. The van der Waals surface area contributed by atoms with Gasteiger partial charge in [0.2, 0.25) is 0 Å². The van der Waals surface area contributed by atoms with Gasteiger partial charge in [0.25, 0.3) is 0 Å². The molecule has 1 unspecified atom stereocenters. The Labute approximate surface area is 106 Å². The van der Waals surface area contributed by atoms with Crippen molar-refractivity contribution in [3.63, 3.8) is 0 Å². The minimum atomic E-state index is -0.101. The van der Waals surface area contributed by atoms with Crippen LogP contribution in [0.3, 0.4) is 0 Å². The molecular formula is C14H19N3O. The summed E-state index contributed by atoms with van der Waals surface area (Å²) in [7, 11) is 0. The number of nitrogens with one attached hydrogen (secondary N) is 1. The van der Waals surface area contributed by atoms with Crippen LogP contribution >= 0.6 is 0 Å². The van der Waals surface area contributed by atoms with Crippen molar-refractivity contribution in [2.75, 3.05) is 6.54 Å². The average molecular weight is 245 g/mol. The van der Waals surface area contributed by atoms with Crippen LogP contribution in [0.1, 0.15) is 30.5 Å². The predicted molar refractivity (Wildman–Crippen MR) is 73.2 cm³/mol. The lowest BCUT2D eigenvalue weighted by molar-refractivity contribution is 0.689. The molecule has 1 heterocycles. The lowest BCUT2D eigenvalue weighted by Crippen LogP contribution is -2.16. The maximum atomic E-state index is 11.7. The number of aromatic amines is 1. The first-order valence-corrected chi connectivity index (χ1v) is 6.21. The Morgan fingerprint density at radius 1 is 1.44 bits per heavy atom. The van der Waals surface area contributed by atoms with Crippen LogP contribution in [0.4, 0.5) is 0 Å². The smallest absolute Gasteiger partial charge is 0.330 e. The molecule has 4 heteroatoms. The predicted octanol–water partition coefficient (Wildman–Crippen LogP) is 1.93. The SMILES string of the molecule is Cc1c[nH]c(=O)n1-c1cccc(C(C)CCN)c1. The van der Waals surface area contributed by atoms with E-state index in [4.69, 9.17) is 5.73 Å². The van der Waals surface area contributed by atoms with Crippen LogP contribution in [-0.2, 0) is 0 Å². The summed E-state index contributed by atoms with van der Waals surface area (Å²) in [6.07, 6.45) is 2.67. The number of nitrogens with two attached hydrogens (primary N) is 1. The highest BCUT2D eigenvalue weighted by molar-refractivity contribution is 5.38. The zero-order valence-corrected chi connectivity index (χ0v) is 10.8. The van der Waals surface area contributed by atoms with Gasteiger partial charge < -0.3 is 10.7 Å². The summed E-state index contributed by atoms with van der Waals surface area (Å²) >= 11 is 0. The molecule has 0 aliphatic carbocycles. The molecule has 0 saturated carbocycles. The van der Waals surface area contributed by atoms with Crippen LogP contribution in [0.2, 0.25) is 0 Å². The fourth-order valence-electron chi connectivity index (χ4n) is 2.16. The fourth-order valence-corrected chi connectivity index (χ4v) is 2.16. The van der Waals surface area contributed by atoms with E-state index >= 15 is 0 Å². The van der Waals surface area contributed by atoms with Crippen molar-refractivity contribution in [2.45, 2.75) is 26.2 Å². The van der Waals surface area contributed by atoms with Crippen molar-refractivity contribution in [1.82, 2.24) is 9.55 Å². The van der Waals surface area contributed by atoms with Crippen molar-refractivity contribution >= 4 is 0 Å². The van der Waals surface area contributed by atoms with Gasteiger partial charge in [-0.15, -0.1) is 0 Å². The molecule has 0 aliphatic rings. The van der Waals surface area contributed by atoms with Gasteiger partial charge in [-0.3, -0.25) is 4.57 Å². The first kappa shape index (κ1) is 12.6. The van der Waals surface area contributed by atoms with Gasteiger partial charge in [0.05, 0.1) is 5.69 Å². The molecule has 1 aromatic heterocycles. The quantitative estimate of drug-likeness (QED) is 0.864. The fraction of sp³-hybridized carbons (Fsp3) is 0.357. The molecule has 1 atom stereocenters. The Hall–Kier alpha value is -1.81. The summed E-state index contributed by atoms with van der Waals surface area (Å²) in [5.74, 6) is 0.407. The third-order valence-corrected chi connectivity index (χ3v) is 3.26. The molecule has 0 amide bonds. The summed E-state index contributed by atoms with van der Waals surface area (Å²) in [5.41, 5.74) is 8.51. The van der Waals surface area contributed by atoms with Crippen molar-refractivity contribution < 1.29 is 0 Å². The van der Waals surface area contributed by atoms with Crippen molar-refractivity contribution in [2.24, 2.45) is 5.73 Å². The summed E-state index contributed by atoms with van der Waals surface area (Å²) in [5, 5.41) is 0. The third-order valence-electron chi connectivity index (χ3n) is 3.26. The van der Waals surface area contributed by atoms with E-state index in [1.54, 1.807) is 10.8 Å². The van der Waals surface area contributed by atoms with E-state index < -0.39 is 0 Å². The molecule has 0 radical (unpaired) electrons. The molecule has 2 rings (SSSR count). The molecule has 18 heavy (non-hydrogen) atoms. The van der Waals surface area contributed by atoms with Crippen LogP contribution in [-0.4, -0.2) is 16.1 Å². The monoisotopic (exact) mass is 245 g/mol. The highest BCUT2D eigenvalue weighted by Gasteiger charge is 2.08. The van der Waals surface area contributed by atoms with Crippen LogP contribution in [0.15, 0.2) is 35.3 Å². The number of nitrogens with zero attached hydrogens (tertiary/aromatic N) is 1. The van der Waals surface area contributed by atoms with Gasteiger partial charge in [-0.1, -0.05) is 19.1 Å². The van der Waals surface area contributed by atoms with E-state index in [1.807, 2.05) is 19.1 Å². The van der Waals surface area contributed by atoms with Gasteiger partial charge in [-0.25, -0.2) is 4.79 Å². The number of imidazole rings is 1. The standard InChI is InChI=1S/C14H19N3O/c1-10(6-7-15)12-4-3-5-13(8-12)17-11(2)9-16-14(17)18/h3-5,8-10H,6-7,15H2,1-2H3,(H,16,18). The molecule has 0 bridgehead atoms. The van der Waals surface area contributed by atoms with Crippen LogP contribution < -0.4 is 11.4 Å². The molecule has 4 nitrogen and oxygen atoms in total. The minimum absolute atomic E-state index is 0.101. The van der Waals surface area contributed by atoms with Gasteiger partial charge in [0, 0.05) is 11.9 Å². The summed E-state index contributed by atoms with van der Waals surface area (Å²) < 4.78 is 1.68. The summed E-state index contributed by atoms with van der Waals surface area (Å²) in [6.45, 7) is 4.74. The minimum Gasteiger partial charge on any atom is -0.330 e. The number of aryl methyl sites for hydroxylation is 1. The lowest BCUT2D eigenvalue weighted by Gasteiger charge is -2.12. The highest BCUT2D eigenvalue weighted by atomic mass is 16.1. The van der Waals surface area contributed by atoms with Crippen LogP contribution in [0, 0.1) is 6.92 Å². The molecule has 0 aliphatic heterocycles. The third kappa shape index (κ3) is 2.38. The second-order valence-electron chi connectivity index (χ2n) is 4.64. The van der Waals surface area contributed by atoms with E-state index in [0.717, 1.165) is 17.8 Å². The van der Waals surface area contributed by atoms with Gasteiger partial charge >= 0.3 is 5.69 Å². The maximum absolute atomic E-state index is 11.7. The largest absolute Gasteiger partial charge is 0.330 e. The van der Waals surface area contributed by atoms with E-state index in [1.165, 1.54) is 5.56 Å². The van der Waals surface area contributed by atoms with Gasteiger partial charge in [0.1, 0.15) is 0 Å². The number of aromatic nitrogens is 2. The number of hydrogen-bond acceptors (Lipinski definition) is 2. The number of H-pyrrole nitrogens is 1. The number of rotatable bonds is 4. The van der Waals surface area contributed by atoms with E-state index in [9.17, 15) is 4.79 Å². The highest BCUT2D eigenvalue weighted by Crippen LogP contribution is 2.21. The zero-order chi connectivity index (χ0) is 13.1. The topological polar surface area (TPSA) is 63.8 Å². The molecule has 1 aromatic carbocycles. The van der Waals surface area contributed by atoms with Crippen molar-refractivity contribution in [3.8, 4) is 5.69 Å². The molecular weight excluding hydrogens is 226 g/mol. The maximum Gasteiger partial charge on any atom is 0.330 e. The molecule has 0 fully saturated rings. The Balaban J connectivity index is 2.42. The summed E-state index contributed by atoms with van der Waals surface area (Å²) in [6, 6.07) is 8.07. The van der Waals surface area contributed by atoms with E-state index in [-0.39, 0.29) is 5.69 Å². The average Bonchev–Trinajstić information content (AvgIpc) is 2.69. The normalized spacial score (nSPS) is 12.6. The second kappa shape index (κ2) is 5.23. The van der Waals surface area contributed by atoms with Gasteiger partial charge in [-0.05, 0) is 43.5 Å². The molecule has 0 saturated heterocycles. The van der Waals surface area contributed by atoms with Crippen LogP contribution in [0.25, 0.3) is 5.69 Å². The number of benzene rings is 1.